The van der Waals surface area contributed by atoms with Gasteiger partial charge in [0, 0.05) is 22.4 Å². The van der Waals surface area contributed by atoms with Gasteiger partial charge in [-0.1, -0.05) is 29.8 Å². The molecule has 0 fully saturated rings. The summed E-state index contributed by atoms with van der Waals surface area (Å²) in [4.78, 5) is 1.36. The minimum atomic E-state index is 0.418. The number of nitrogens with two attached hydrogens (primary N) is 1. The fraction of sp³-hybridized carbons (Fsp3) is 0.231. The summed E-state index contributed by atoms with van der Waals surface area (Å²) >= 11 is 7.63. The summed E-state index contributed by atoms with van der Waals surface area (Å²) in [6.07, 6.45) is 0.980. The first kappa shape index (κ1) is 11.6. The molecule has 2 N–H and O–H groups in total. The van der Waals surface area contributed by atoms with Crippen LogP contribution >= 0.6 is 22.9 Å². The molecular formula is C13H14ClNS. The van der Waals surface area contributed by atoms with E-state index in [2.05, 4.69) is 29.6 Å². The third-order valence-corrected chi connectivity index (χ3v) is 3.91. The summed E-state index contributed by atoms with van der Waals surface area (Å²) in [5.74, 6) is 0.418. The lowest BCUT2D eigenvalue weighted by Gasteiger charge is -2.12. The highest BCUT2D eigenvalue weighted by molar-refractivity contribution is 7.10. The Bertz CT molecular complexity index is 422. The summed E-state index contributed by atoms with van der Waals surface area (Å²) in [5.41, 5.74) is 7.11. The van der Waals surface area contributed by atoms with Crippen LogP contribution in [0.1, 0.15) is 16.4 Å². The lowest BCUT2D eigenvalue weighted by Crippen LogP contribution is -2.13. The standard InChI is InChI=1S/C13H14ClNS/c14-12-5-3-10(4-6-12)8-11(9-15)13-2-1-7-16-13/h1-7,11H,8-9,15H2. The molecule has 16 heavy (non-hydrogen) atoms. The first-order valence-corrected chi connectivity index (χ1v) is 6.53. The van der Waals surface area contributed by atoms with E-state index < -0.39 is 0 Å². The Labute approximate surface area is 105 Å². The summed E-state index contributed by atoms with van der Waals surface area (Å²) < 4.78 is 0. The van der Waals surface area contributed by atoms with Gasteiger partial charge >= 0.3 is 0 Å². The number of hydrogen-bond donors (Lipinski definition) is 1. The molecule has 0 aliphatic carbocycles. The van der Waals surface area contributed by atoms with Crippen LogP contribution in [0.5, 0.6) is 0 Å². The van der Waals surface area contributed by atoms with Crippen LogP contribution in [-0.4, -0.2) is 6.54 Å². The lowest BCUT2D eigenvalue weighted by molar-refractivity contribution is 0.707. The Balaban J connectivity index is 2.10. The van der Waals surface area contributed by atoms with E-state index in [0.29, 0.717) is 12.5 Å². The van der Waals surface area contributed by atoms with Gasteiger partial charge in [0.1, 0.15) is 0 Å². The van der Waals surface area contributed by atoms with Crippen molar-refractivity contribution in [3.63, 3.8) is 0 Å². The molecule has 1 unspecified atom stereocenters. The summed E-state index contributed by atoms with van der Waals surface area (Å²) in [7, 11) is 0. The largest absolute Gasteiger partial charge is 0.330 e. The molecule has 3 heteroatoms. The highest BCUT2D eigenvalue weighted by Crippen LogP contribution is 2.24. The zero-order chi connectivity index (χ0) is 11.4. The zero-order valence-corrected chi connectivity index (χ0v) is 10.5. The molecular weight excluding hydrogens is 238 g/mol. The van der Waals surface area contributed by atoms with Crippen molar-refractivity contribution in [2.75, 3.05) is 6.54 Å². The average molecular weight is 252 g/mol. The molecule has 1 aromatic heterocycles. The van der Waals surface area contributed by atoms with Gasteiger partial charge in [-0.15, -0.1) is 11.3 Å². The van der Waals surface area contributed by atoms with Gasteiger partial charge in [0.15, 0.2) is 0 Å². The molecule has 1 heterocycles. The Morgan fingerprint density at radius 1 is 1.19 bits per heavy atom. The van der Waals surface area contributed by atoms with Gasteiger partial charge in [-0.25, -0.2) is 0 Å². The summed E-state index contributed by atoms with van der Waals surface area (Å²) in [5, 5.41) is 2.88. The van der Waals surface area contributed by atoms with Crippen molar-refractivity contribution in [1.29, 1.82) is 0 Å². The maximum absolute atomic E-state index is 5.86. The minimum Gasteiger partial charge on any atom is -0.330 e. The monoisotopic (exact) mass is 251 g/mol. The Morgan fingerprint density at radius 3 is 2.50 bits per heavy atom. The second kappa shape index (κ2) is 5.48. The van der Waals surface area contributed by atoms with Crippen LogP contribution in [0.2, 0.25) is 5.02 Å². The molecule has 0 saturated carbocycles. The molecule has 0 bridgehead atoms. The second-order valence-corrected chi connectivity index (χ2v) is 5.19. The van der Waals surface area contributed by atoms with Gasteiger partial charge in [-0.05, 0) is 35.6 Å². The smallest absolute Gasteiger partial charge is 0.0406 e. The average Bonchev–Trinajstić information content (AvgIpc) is 2.82. The Hall–Kier alpha value is -0.830. The maximum Gasteiger partial charge on any atom is 0.0406 e. The summed E-state index contributed by atoms with van der Waals surface area (Å²) in [6.45, 7) is 0.684. The number of halogens is 1. The van der Waals surface area contributed by atoms with Crippen molar-refractivity contribution >= 4 is 22.9 Å². The number of rotatable bonds is 4. The minimum absolute atomic E-state index is 0.418. The van der Waals surface area contributed by atoms with Gasteiger partial charge in [-0.3, -0.25) is 0 Å². The van der Waals surface area contributed by atoms with E-state index in [4.69, 9.17) is 17.3 Å². The quantitative estimate of drug-likeness (QED) is 0.881. The third-order valence-electron chi connectivity index (χ3n) is 2.63. The predicted molar refractivity (Wildman–Crippen MR) is 71.3 cm³/mol. The molecule has 0 saturated heterocycles. The first-order valence-electron chi connectivity index (χ1n) is 5.27. The molecule has 0 amide bonds. The van der Waals surface area contributed by atoms with E-state index in [1.165, 1.54) is 10.4 Å². The van der Waals surface area contributed by atoms with E-state index in [9.17, 15) is 0 Å². The fourth-order valence-corrected chi connectivity index (χ4v) is 2.70. The van der Waals surface area contributed by atoms with Gasteiger partial charge in [-0.2, -0.15) is 0 Å². The topological polar surface area (TPSA) is 26.0 Å². The highest BCUT2D eigenvalue weighted by Gasteiger charge is 2.11. The van der Waals surface area contributed by atoms with Crippen molar-refractivity contribution < 1.29 is 0 Å². The van der Waals surface area contributed by atoms with E-state index in [0.717, 1.165) is 11.4 Å². The normalized spacial score (nSPS) is 12.6. The molecule has 2 aromatic rings. The van der Waals surface area contributed by atoms with Gasteiger partial charge in [0.25, 0.3) is 0 Å². The van der Waals surface area contributed by atoms with Crippen LogP contribution in [0.4, 0.5) is 0 Å². The molecule has 2 rings (SSSR count). The van der Waals surface area contributed by atoms with Crippen LogP contribution in [0.15, 0.2) is 41.8 Å². The van der Waals surface area contributed by atoms with Crippen LogP contribution in [0.25, 0.3) is 0 Å². The van der Waals surface area contributed by atoms with Crippen LogP contribution in [0, 0.1) is 0 Å². The lowest BCUT2D eigenvalue weighted by atomic mass is 9.98. The SMILES string of the molecule is NCC(Cc1ccc(Cl)cc1)c1cccs1. The number of benzene rings is 1. The van der Waals surface area contributed by atoms with Crippen LogP contribution in [0.3, 0.4) is 0 Å². The van der Waals surface area contributed by atoms with E-state index in [1.807, 2.05) is 12.1 Å². The molecule has 1 atom stereocenters. The van der Waals surface area contributed by atoms with Crippen LogP contribution in [-0.2, 0) is 6.42 Å². The van der Waals surface area contributed by atoms with E-state index in [1.54, 1.807) is 11.3 Å². The number of thiophene rings is 1. The number of hydrogen-bond acceptors (Lipinski definition) is 2. The molecule has 84 valence electrons. The van der Waals surface area contributed by atoms with Crippen LogP contribution < -0.4 is 5.73 Å². The Morgan fingerprint density at radius 2 is 1.94 bits per heavy atom. The van der Waals surface area contributed by atoms with Gasteiger partial charge < -0.3 is 5.73 Å². The van der Waals surface area contributed by atoms with Crippen molar-refractivity contribution in [3.05, 3.63) is 57.2 Å². The highest BCUT2D eigenvalue weighted by atomic mass is 35.5. The third kappa shape index (κ3) is 2.85. The van der Waals surface area contributed by atoms with E-state index >= 15 is 0 Å². The van der Waals surface area contributed by atoms with Crippen molar-refractivity contribution in [1.82, 2.24) is 0 Å². The molecule has 1 aromatic carbocycles. The van der Waals surface area contributed by atoms with Crippen molar-refractivity contribution in [2.24, 2.45) is 5.73 Å². The first-order chi connectivity index (χ1) is 7.79. The van der Waals surface area contributed by atoms with Gasteiger partial charge in [0.05, 0.1) is 0 Å². The molecule has 1 nitrogen and oxygen atoms in total. The van der Waals surface area contributed by atoms with Gasteiger partial charge in [0.2, 0.25) is 0 Å². The second-order valence-electron chi connectivity index (χ2n) is 3.78. The molecule has 0 aliphatic rings. The van der Waals surface area contributed by atoms with Crippen molar-refractivity contribution in [2.45, 2.75) is 12.3 Å². The molecule has 0 radical (unpaired) electrons. The molecule has 0 aliphatic heterocycles. The van der Waals surface area contributed by atoms with Crippen molar-refractivity contribution in [3.8, 4) is 0 Å². The fourth-order valence-electron chi connectivity index (χ4n) is 1.73. The Kier molecular flexibility index (Phi) is 3.99. The predicted octanol–water partition coefficient (Wildman–Crippen LogP) is 3.69. The molecule has 0 spiro atoms. The zero-order valence-electron chi connectivity index (χ0n) is 8.90. The maximum atomic E-state index is 5.86. The van der Waals surface area contributed by atoms with E-state index in [-0.39, 0.29) is 0 Å². The summed E-state index contributed by atoms with van der Waals surface area (Å²) in [6, 6.07) is 12.2.